The molecule has 0 fully saturated rings. The molecular weight excluding hydrogens is 178 g/mol. The highest BCUT2D eigenvalue weighted by atomic mass is 16.5. The van der Waals surface area contributed by atoms with Crippen molar-refractivity contribution >= 4 is 5.97 Å². The second-order valence-corrected chi connectivity index (χ2v) is 4.13. The number of hydrogen-bond donors (Lipinski definition) is 1. The van der Waals surface area contributed by atoms with E-state index in [4.69, 9.17) is 4.74 Å². The molecule has 0 aliphatic heterocycles. The maximum atomic E-state index is 11.3. The van der Waals surface area contributed by atoms with Crippen molar-refractivity contribution in [2.24, 2.45) is 5.92 Å². The molecule has 0 aliphatic carbocycles. The molecule has 0 radical (unpaired) electrons. The topological polar surface area (TPSA) is 38.3 Å². The number of carbonyl (C=O) groups is 1. The number of hydrogen-bond acceptors (Lipinski definition) is 3. The van der Waals surface area contributed by atoms with Gasteiger partial charge in [0.05, 0.1) is 6.54 Å². The molecule has 2 atom stereocenters. The molecule has 84 valence electrons. The number of rotatable bonds is 6. The van der Waals surface area contributed by atoms with Crippen LogP contribution in [-0.4, -0.2) is 24.7 Å². The predicted molar refractivity (Wildman–Crippen MR) is 58.1 cm³/mol. The van der Waals surface area contributed by atoms with Crippen LogP contribution < -0.4 is 5.32 Å². The van der Waals surface area contributed by atoms with Gasteiger partial charge in [-0.25, -0.2) is 0 Å². The lowest BCUT2D eigenvalue weighted by Gasteiger charge is -2.17. The fourth-order valence-corrected chi connectivity index (χ4v) is 0.787. The van der Waals surface area contributed by atoms with Crippen LogP contribution >= 0.6 is 0 Å². The highest BCUT2D eigenvalue weighted by molar-refractivity contribution is 5.71. The SMILES string of the molecule is CCC(C)NCC(=O)OC(C)C(C)C. The first kappa shape index (κ1) is 13.4. The lowest BCUT2D eigenvalue weighted by atomic mass is 10.1. The largest absolute Gasteiger partial charge is 0.461 e. The summed E-state index contributed by atoms with van der Waals surface area (Å²) in [6.45, 7) is 10.5. The second kappa shape index (κ2) is 6.82. The molecule has 0 aliphatic rings. The zero-order valence-corrected chi connectivity index (χ0v) is 9.96. The molecule has 0 spiro atoms. The minimum absolute atomic E-state index is 0.00114. The Morgan fingerprint density at radius 1 is 1.29 bits per heavy atom. The molecule has 0 bridgehead atoms. The fraction of sp³-hybridized carbons (Fsp3) is 0.909. The third-order valence-electron chi connectivity index (χ3n) is 2.46. The summed E-state index contributed by atoms with van der Waals surface area (Å²) < 4.78 is 5.21. The van der Waals surface area contributed by atoms with E-state index >= 15 is 0 Å². The Kier molecular flexibility index (Phi) is 6.54. The molecule has 0 aromatic heterocycles. The van der Waals surface area contributed by atoms with Gasteiger partial charge in [0, 0.05) is 6.04 Å². The van der Waals surface area contributed by atoms with E-state index in [-0.39, 0.29) is 12.1 Å². The van der Waals surface area contributed by atoms with E-state index in [2.05, 4.69) is 19.2 Å². The highest BCUT2D eigenvalue weighted by Gasteiger charge is 2.12. The third kappa shape index (κ3) is 5.97. The number of esters is 1. The van der Waals surface area contributed by atoms with Crippen LogP contribution in [0.3, 0.4) is 0 Å². The maximum absolute atomic E-state index is 11.3. The Labute approximate surface area is 87.2 Å². The van der Waals surface area contributed by atoms with Crippen LogP contribution in [0.1, 0.15) is 41.0 Å². The van der Waals surface area contributed by atoms with Crippen molar-refractivity contribution in [3.8, 4) is 0 Å². The molecule has 0 saturated carbocycles. The summed E-state index contributed by atoms with van der Waals surface area (Å²) >= 11 is 0. The zero-order chi connectivity index (χ0) is 11.1. The van der Waals surface area contributed by atoms with Crippen LogP contribution in [0, 0.1) is 5.92 Å². The van der Waals surface area contributed by atoms with Gasteiger partial charge in [-0.15, -0.1) is 0 Å². The van der Waals surface area contributed by atoms with Crippen molar-refractivity contribution < 1.29 is 9.53 Å². The first-order valence-electron chi connectivity index (χ1n) is 5.40. The third-order valence-corrected chi connectivity index (χ3v) is 2.46. The summed E-state index contributed by atoms with van der Waals surface area (Å²) in [6.07, 6.45) is 1.02. The molecule has 2 unspecified atom stereocenters. The average molecular weight is 201 g/mol. The van der Waals surface area contributed by atoms with Gasteiger partial charge in [0.15, 0.2) is 0 Å². The van der Waals surface area contributed by atoms with Crippen molar-refractivity contribution in [1.29, 1.82) is 0 Å². The fourth-order valence-electron chi connectivity index (χ4n) is 0.787. The summed E-state index contributed by atoms with van der Waals surface area (Å²) in [6, 6.07) is 0.372. The Bertz CT molecular complexity index is 169. The molecule has 1 N–H and O–H groups in total. The van der Waals surface area contributed by atoms with Crippen LogP contribution in [0.4, 0.5) is 0 Å². The van der Waals surface area contributed by atoms with Gasteiger partial charge in [-0.2, -0.15) is 0 Å². The molecule has 0 rings (SSSR count). The van der Waals surface area contributed by atoms with Crippen molar-refractivity contribution in [3.63, 3.8) is 0 Å². The average Bonchev–Trinajstić information content (AvgIpc) is 2.13. The summed E-state index contributed by atoms with van der Waals surface area (Å²) in [5.74, 6) is 0.217. The van der Waals surface area contributed by atoms with E-state index in [1.165, 1.54) is 0 Å². The minimum atomic E-state index is -0.161. The van der Waals surface area contributed by atoms with Gasteiger partial charge in [0.1, 0.15) is 6.10 Å². The lowest BCUT2D eigenvalue weighted by Crippen LogP contribution is -2.34. The first-order valence-corrected chi connectivity index (χ1v) is 5.40. The molecule has 0 aromatic rings. The van der Waals surface area contributed by atoms with Gasteiger partial charge in [-0.05, 0) is 26.2 Å². The molecule has 0 saturated heterocycles. The van der Waals surface area contributed by atoms with Gasteiger partial charge in [-0.3, -0.25) is 4.79 Å². The van der Waals surface area contributed by atoms with Gasteiger partial charge in [-0.1, -0.05) is 20.8 Å². The van der Waals surface area contributed by atoms with E-state index in [0.717, 1.165) is 6.42 Å². The molecular formula is C11H23NO2. The monoisotopic (exact) mass is 201 g/mol. The Balaban J connectivity index is 3.65. The molecule has 0 aromatic carbocycles. The summed E-state index contributed by atoms with van der Waals surface area (Å²) in [7, 11) is 0. The number of nitrogens with one attached hydrogen (secondary N) is 1. The van der Waals surface area contributed by atoms with E-state index in [9.17, 15) is 4.79 Å². The van der Waals surface area contributed by atoms with Crippen molar-refractivity contribution in [1.82, 2.24) is 5.32 Å². The molecule has 0 amide bonds. The van der Waals surface area contributed by atoms with Crippen LogP contribution in [-0.2, 0) is 9.53 Å². The van der Waals surface area contributed by atoms with Gasteiger partial charge in [0.2, 0.25) is 0 Å². The first-order chi connectivity index (χ1) is 6.47. The van der Waals surface area contributed by atoms with Crippen molar-refractivity contribution in [2.75, 3.05) is 6.54 Å². The predicted octanol–water partition coefficient (Wildman–Crippen LogP) is 1.96. The van der Waals surface area contributed by atoms with Crippen LogP contribution in [0.2, 0.25) is 0 Å². The summed E-state index contributed by atoms with van der Waals surface area (Å²) in [5.41, 5.74) is 0. The number of carbonyl (C=O) groups excluding carboxylic acids is 1. The second-order valence-electron chi connectivity index (χ2n) is 4.13. The lowest BCUT2D eigenvalue weighted by molar-refractivity contribution is -0.149. The Morgan fingerprint density at radius 2 is 1.86 bits per heavy atom. The minimum Gasteiger partial charge on any atom is -0.461 e. The van der Waals surface area contributed by atoms with Gasteiger partial charge in [0.25, 0.3) is 0 Å². The summed E-state index contributed by atoms with van der Waals surface area (Å²) in [5, 5.41) is 3.10. The van der Waals surface area contributed by atoms with Crippen LogP contribution in [0.25, 0.3) is 0 Å². The highest BCUT2D eigenvalue weighted by Crippen LogP contribution is 2.04. The molecule has 3 heteroatoms. The molecule has 0 heterocycles. The van der Waals surface area contributed by atoms with Crippen LogP contribution in [0.5, 0.6) is 0 Å². The molecule has 3 nitrogen and oxygen atoms in total. The molecule has 14 heavy (non-hydrogen) atoms. The quantitative estimate of drug-likeness (QED) is 0.668. The number of ether oxygens (including phenoxy) is 1. The summed E-state index contributed by atoms with van der Waals surface area (Å²) in [4.78, 5) is 11.3. The van der Waals surface area contributed by atoms with Gasteiger partial charge >= 0.3 is 5.97 Å². The van der Waals surface area contributed by atoms with Crippen molar-refractivity contribution in [3.05, 3.63) is 0 Å². The van der Waals surface area contributed by atoms with Crippen LogP contribution in [0.15, 0.2) is 0 Å². The zero-order valence-electron chi connectivity index (χ0n) is 9.96. The Hall–Kier alpha value is -0.570. The van der Waals surface area contributed by atoms with E-state index < -0.39 is 0 Å². The van der Waals surface area contributed by atoms with E-state index in [1.54, 1.807) is 0 Å². The smallest absolute Gasteiger partial charge is 0.320 e. The maximum Gasteiger partial charge on any atom is 0.320 e. The van der Waals surface area contributed by atoms with E-state index in [0.29, 0.717) is 18.5 Å². The standard InChI is InChI=1S/C11H23NO2/c1-6-9(4)12-7-11(13)14-10(5)8(2)3/h8-10,12H,6-7H2,1-5H3. The van der Waals surface area contributed by atoms with Crippen molar-refractivity contribution in [2.45, 2.75) is 53.2 Å². The van der Waals surface area contributed by atoms with E-state index in [1.807, 2.05) is 20.8 Å². The van der Waals surface area contributed by atoms with Gasteiger partial charge < -0.3 is 10.1 Å². The Morgan fingerprint density at radius 3 is 2.29 bits per heavy atom. The normalized spacial score (nSPS) is 15.3.